The lowest BCUT2D eigenvalue weighted by Gasteiger charge is -2.28. The molecule has 164 valence electrons. The predicted molar refractivity (Wildman–Crippen MR) is 120 cm³/mol. The molecule has 0 bridgehead atoms. The number of hydrogen-bond donors (Lipinski definition) is 1. The first-order valence-electron chi connectivity index (χ1n) is 10.5. The minimum Gasteiger partial charge on any atom is -0.454 e. The van der Waals surface area contributed by atoms with Crippen LogP contribution in [0.2, 0.25) is 0 Å². The minimum atomic E-state index is -0.0103. The SMILES string of the molecule is CC.CN(C=O)CC(=O)N1CCc2c([nH]c3ccccc23)C1.c1ccc2c(c1)OCO2. The number of para-hydroxylation sites is 3. The molecule has 0 aliphatic carbocycles. The third-order valence-electron chi connectivity index (χ3n) is 5.08. The van der Waals surface area contributed by atoms with Crippen LogP contribution < -0.4 is 9.47 Å². The van der Waals surface area contributed by atoms with Gasteiger partial charge >= 0.3 is 0 Å². The number of rotatable bonds is 3. The molecule has 2 aliphatic heterocycles. The smallest absolute Gasteiger partial charge is 0.242 e. The lowest BCUT2D eigenvalue weighted by molar-refractivity contribution is -0.135. The van der Waals surface area contributed by atoms with Gasteiger partial charge in [-0.25, -0.2) is 0 Å². The van der Waals surface area contributed by atoms with Crippen molar-refractivity contribution in [2.75, 3.05) is 26.9 Å². The first-order valence-corrected chi connectivity index (χ1v) is 10.5. The van der Waals surface area contributed by atoms with Gasteiger partial charge < -0.3 is 24.3 Å². The van der Waals surface area contributed by atoms with E-state index in [0.717, 1.165) is 29.1 Å². The number of amides is 2. The van der Waals surface area contributed by atoms with E-state index in [-0.39, 0.29) is 12.5 Å². The number of aromatic nitrogens is 1. The Morgan fingerprint density at radius 3 is 2.42 bits per heavy atom. The van der Waals surface area contributed by atoms with Gasteiger partial charge in [0, 0.05) is 30.2 Å². The van der Waals surface area contributed by atoms with E-state index in [1.54, 1.807) is 11.9 Å². The summed E-state index contributed by atoms with van der Waals surface area (Å²) in [5.41, 5.74) is 3.55. The standard InChI is InChI=1S/C15H17N3O2.C7H6O2.C2H6/c1-17(10-19)9-15(20)18-7-6-12-11-4-2-3-5-13(11)16-14(12)8-18;1-2-4-7-6(3-1)8-5-9-7;1-2/h2-5,10,16H,6-9H2,1H3;1-4H,5H2;1-2H3. The molecule has 1 aromatic heterocycles. The predicted octanol–water partition coefficient (Wildman–Crippen LogP) is 3.58. The highest BCUT2D eigenvalue weighted by atomic mass is 16.7. The maximum absolute atomic E-state index is 12.1. The molecule has 7 heteroatoms. The zero-order valence-corrected chi connectivity index (χ0v) is 18.3. The normalized spacial score (nSPS) is 13.3. The Morgan fingerprint density at radius 2 is 1.74 bits per heavy atom. The van der Waals surface area contributed by atoms with E-state index in [4.69, 9.17) is 9.47 Å². The summed E-state index contributed by atoms with van der Waals surface area (Å²) in [6, 6.07) is 15.8. The van der Waals surface area contributed by atoms with Crippen LogP contribution in [-0.4, -0.2) is 54.0 Å². The van der Waals surface area contributed by atoms with Crippen LogP contribution in [0.15, 0.2) is 48.5 Å². The fourth-order valence-electron chi connectivity index (χ4n) is 3.60. The average molecular weight is 424 g/mol. The van der Waals surface area contributed by atoms with Gasteiger partial charge in [0.1, 0.15) is 0 Å². The lowest BCUT2D eigenvalue weighted by Crippen LogP contribution is -2.41. The third-order valence-corrected chi connectivity index (χ3v) is 5.08. The van der Waals surface area contributed by atoms with Crippen LogP contribution in [0.25, 0.3) is 10.9 Å². The van der Waals surface area contributed by atoms with Crippen molar-refractivity contribution in [2.24, 2.45) is 0 Å². The molecule has 0 spiro atoms. The minimum absolute atomic E-state index is 0.0103. The number of ether oxygens (including phenoxy) is 2. The van der Waals surface area contributed by atoms with Crippen molar-refractivity contribution in [2.45, 2.75) is 26.8 Å². The maximum atomic E-state index is 12.1. The summed E-state index contributed by atoms with van der Waals surface area (Å²) in [7, 11) is 1.61. The van der Waals surface area contributed by atoms with E-state index in [9.17, 15) is 9.59 Å². The number of nitrogens with one attached hydrogen (secondary N) is 1. The lowest BCUT2D eigenvalue weighted by atomic mass is 10.0. The zero-order chi connectivity index (χ0) is 22.2. The molecular formula is C24H29N3O4. The topological polar surface area (TPSA) is 74.9 Å². The van der Waals surface area contributed by atoms with Gasteiger partial charge in [-0.05, 0) is 30.2 Å². The number of nitrogens with zero attached hydrogens (tertiary/aromatic N) is 2. The van der Waals surface area contributed by atoms with Crippen molar-refractivity contribution in [1.29, 1.82) is 0 Å². The summed E-state index contributed by atoms with van der Waals surface area (Å²) >= 11 is 0. The van der Waals surface area contributed by atoms with Crippen molar-refractivity contribution in [1.82, 2.24) is 14.8 Å². The fraction of sp³-hybridized carbons (Fsp3) is 0.333. The third kappa shape index (κ3) is 5.17. The Kier molecular flexibility index (Phi) is 7.54. The van der Waals surface area contributed by atoms with Crippen LogP contribution in [0.1, 0.15) is 25.1 Å². The van der Waals surface area contributed by atoms with Crippen LogP contribution >= 0.6 is 0 Å². The molecule has 2 aromatic carbocycles. The molecule has 0 unspecified atom stereocenters. The van der Waals surface area contributed by atoms with Crippen molar-refractivity contribution in [3.8, 4) is 11.5 Å². The molecule has 1 N–H and O–H groups in total. The highest BCUT2D eigenvalue weighted by molar-refractivity contribution is 5.86. The van der Waals surface area contributed by atoms with E-state index in [1.165, 1.54) is 15.8 Å². The molecule has 0 radical (unpaired) electrons. The molecule has 3 heterocycles. The summed E-state index contributed by atoms with van der Waals surface area (Å²) in [4.78, 5) is 29.3. The van der Waals surface area contributed by atoms with Crippen LogP contribution in [0.5, 0.6) is 11.5 Å². The van der Waals surface area contributed by atoms with Crippen LogP contribution in [0, 0.1) is 0 Å². The average Bonchev–Trinajstić information content (AvgIpc) is 3.44. The van der Waals surface area contributed by atoms with Crippen LogP contribution in [-0.2, 0) is 22.6 Å². The number of fused-ring (bicyclic) bond motifs is 4. The molecule has 3 aromatic rings. The molecule has 2 amide bonds. The van der Waals surface area contributed by atoms with Gasteiger partial charge in [-0.1, -0.05) is 44.2 Å². The number of benzene rings is 2. The van der Waals surface area contributed by atoms with Gasteiger partial charge in [-0.2, -0.15) is 0 Å². The fourth-order valence-corrected chi connectivity index (χ4v) is 3.60. The molecule has 0 fully saturated rings. The Balaban J connectivity index is 0.000000205. The molecule has 0 saturated carbocycles. The molecule has 2 aliphatic rings. The quantitative estimate of drug-likeness (QED) is 0.654. The monoisotopic (exact) mass is 423 g/mol. The van der Waals surface area contributed by atoms with Gasteiger partial charge in [-0.15, -0.1) is 0 Å². The Hall–Kier alpha value is -3.48. The van der Waals surface area contributed by atoms with E-state index >= 15 is 0 Å². The van der Waals surface area contributed by atoms with Crippen molar-refractivity contribution < 1.29 is 19.1 Å². The van der Waals surface area contributed by atoms with Crippen molar-refractivity contribution in [3.63, 3.8) is 0 Å². The van der Waals surface area contributed by atoms with Crippen LogP contribution in [0.3, 0.4) is 0 Å². The Morgan fingerprint density at radius 1 is 1.10 bits per heavy atom. The molecule has 7 nitrogen and oxygen atoms in total. The first-order chi connectivity index (χ1) is 15.2. The largest absolute Gasteiger partial charge is 0.454 e. The van der Waals surface area contributed by atoms with Crippen LogP contribution in [0.4, 0.5) is 0 Å². The molecule has 31 heavy (non-hydrogen) atoms. The molecule has 0 saturated heterocycles. The summed E-state index contributed by atoms with van der Waals surface area (Å²) in [6.07, 6.45) is 1.53. The number of likely N-dealkylation sites (N-methyl/N-ethyl adjacent to an activating group) is 1. The number of aromatic amines is 1. The van der Waals surface area contributed by atoms with E-state index in [1.807, 2.05) is 50.2 Å². The first kappa shape index (κ1) is 22.2. The number of carbonyl (C=O) groups excluding carboxylic acids is 2. The van der Waals surface area contributed by atoms with Crippen molar-refractivity contribution in [3.05, 3.63) is 59.8 Å². The van der Waals surface area contributed by atoms with Gasteiger partial charge in [0.25, 0.3) is 0 Å². The summed E-state index contributed by atoms with van der Waals surface area (Å²) in [6.45, 7) is 5.80. The van der Waals surface area contributed by atoms with Gasteiger partial charge in [0.05, 0.1) is 13.1 Å². The van der Waals surface area contributed by atoms with E-state index in [2.05, 4.69) is 17.1 Å². The molecule has 5 rings (SSSR count). The van der Waals surface area contributed by atoms with Gasteiger partial charge in [-0.3, -0.25) is 9.59 Å². The Labute approximate surface area is 182 Å². The second-order valence-corrected chi connectivity index (χ2v) is 7.07. The highest BCUT2D eigenvalue weighted by Crippen LogP contribution is 2.30. The maximum Gasteiger partial charge on any atom is 0.242 e. The van der Waals surface area contributed by atoms with Crippen molar-refractivity contribution >= 4 is 23.2 Å². The number of hydrogen-bond acceptors (Lipinski definition) is 4. The second-order valence-electron chi connectivity index (χ2n) is 7.07. The zero-order valence-electron chi connectivity index (χ0n) is 18.3. The number of H-pyrrole nitrogens is 1. The van der Waals surface area contributed by atoms with E-state index in [0.29, 0.717) is 26.3 Å². The summed E-state index contributed by atoms with van der Waals surface area (Å²) < 4.78 is 10.2. The molecule has 0 atom stereocenters. The second kappa shape index (κ2) is 10.5. The summed E-state index contributed by atoms with van der Waals surface area (Å²) in [5, 5.41) is 1.25. The Bertz CT molecular complexity index is 1010. The number of carbonyl (C=O) groups is 2. The highest BCUT2D eigenvalue weighted by Gasteiger charge is 2.24. The van der Waals surface area contributed by atoms with Gasteiger partial charge in [0.15, 0.2) is 11.5 Å². The molecular weight excluding hydrogens is 394 g/mol. The summed E-state index contributed by atoms with van der Waals surface area (Å²) in [5.74, 6) is 1.68. The van der Waals surface area contributed by atoms with Gasteiger partial charge in [0.2, 0.25) is 19.1 Å². The van der Waals surface area contributed by atoms with E-state index < -0.39 is 0 Å².